The zero-order chi connectivity index (χ0) is 33.5. The molecule has 0 aliphatic carbocycles. The molecule has 47 heavy (non-hydrogen) atoms. The van der Waals surface area contributed by atoms with Crippen LogP contribution in [0.25, 0.3) is 11.0 Å². The highest BCUT2D eigenvalue weighted by Gasteiger charge is 2.76. The van der Waals surface area contributed by atoms with Crippen LogP contribution in [0.5, 0.6) is 0 Å². The highest BCUT2D eigenvalue weighted by molar-refractivity contribution is 9.09. The first kappa shape index (κ1) is 33.4. The van der Waals surface area contributed by atoms with Crippen LogP contribution in [0.1, 0.15) is 26.7 Å². The lowest BCUT2D eigenvalue weighted by Gasteiger charge is -2.41. The van der Waals surface area contributed by atoms with Gasteiger partial charge in [-0.25, -0.2) is 4.68 Å². The van der Waals surface area contributed by atoms with Crippen molar-refractivity contribution in [1.82, 2.24) is 24.8 Å². The summed E-state index contributed by atoms with van der Waals surface area (Å²) in [5.74, 6) is -2.15. The van der Waals surface area contributed by atoms with E-state index >= 15 is 4.79 Å². The van der Waals surface area contributed by atoms with Crippen LogP contribution in [0.15, 0.2) is 79.9 Å². The van der Waals surface area contributed by atoms with E-state index in [1.165, 1.54) is 0 Å². The van der Waals surface area contributed by atoms with E-state index in [9.17, 15) is 14.7 Å². The Morgan fingerprint density at radius 2 is 1.83 bits per heavy atom. The lowest BCUT2D eigenvalue weighted by atomic mass is 9.70. The fraction of sp³-hybridized carbons (Fsp3) is 0.457. The summed E-state index contributed by atoms with van der Waals surface area (Å²) in [6, 6.07) is 15.5. The molecule has 6 rings (SSSR count). The van der Waals surface area contributed by atoms with Crippen molar-refractivity contribution in [1.29, 1.82) is 0 Å². The zero-order valence-electron chi connectivity index (χ0n) is 26.7. The van der Waals surface area contributed by atoms with Crippen molar-refractivity contribution in [3.63, 3.8) is 0 Å². The first-order valence-electron chi connectivity index (χ1n) is 16.1. The van der Waals surface area contributed by atoms with Crippen molar-refractivity contribution >= 4 is 62.1 Å². The highest BCUT2D eigenvalue weighted by Crippen LogP contribution is 2.68. The van der Waals surface area contributed by atoms with E-state index < -0.39 is 28.7 Å². The van der Waals surface area contributed by atoms with Gasteiger partial charge in [-0.15, -0.1) is 30.0 Å². The molecular weight excluding hydrogens is 680 g/mol. The average Bonchev–Trinajstić information content (AvgIpc) is 3.81. The van der Waals surface area contributed by atoms with E-state index in [4.69, 9.17) is 0 Å². The molecule has 3 aromatic rings. The smallest absolute Gasteiger partial charge is 0.248 e. The molecule has 1 aromatic heterocycles. The first-order valence-corrected chi connectivity index (χ1v) is 17.9. The van der Waals surface area contributed by atoms with Crippen LogP contribution in [0.2, 0.25) is 0 Å². The molecule has 3 aliphatic rings. The fourth-order valence-corrected chi connectivity index (χ4v) is 11.4. The second kappa shape index (κ2) is 13.6. The van der Waals surface area contributed by atoms with E-state index in [2.05, 4.69) is 39.4 Å². The summed E-state index contributed by atoms with van der Waals surface area (Å²) < 4.78 is 0.797. The number of carbonyl (C=O) groups excluding carboxylic acids is 3. The van der Waals surface area contributed by atoms with Crippen LogP contribution in [0, 0.1) is 17.8 Å². The molecule has 3 unspecified atom stereocenters. The quantitative estimate of drug-likeness (QED) is 0.205. The molecule has 3 aliphatic heterocycles. The van der Waals surface area contributed by atoms with Crippen molar-refractivity contribution in [2.24, 2.45) is 17.8 Å². The van der Waals surface area contributed by atoms with Gasteiger partial charge in [0, 0.05) is 28.9 Å². The molecule has 12 heteroatoms. The minimum Gasteiger partial charge on any atom is -0.394 e. The molecule has 248 valence electrons. The lowest BCUT2D eigenvalue weighted by Crippen LogP contribution is -2.59. The number of nitrogens with zero attached hydrogens (tertiary/aromatic N) is 6. The lowest BCUT2D eigenvalue weighted by molar-refractivity contribution is -0.147. The number of hydrogen-bond acceptors (Lipinski definition) is 7. The van der Waals surface area contributed by atoms with E-state index in [1.54, 1.807) is 43.3 Å². The summed E-state index contributed by atoms with van der Waals surface area (Å²) >= 11 is 5.47. The number of amides is 3. The van der Waals surface area contributed by atoms with Gasteiger partial charge in [-0.3, -0.25) is 14.4 Å². The van der Waals surface area contributed by atoms with Gasteiger partial charge in [0.15, 0.2) is 0 Å². The van der Waals surface area contributed by atoms with E-state index in [1.807, 2.05) is 68.4 Å². The largest absolute Gasteiger partial charge is 0.394 e. The average molecular weight is 722 g/mol. The predicted octanol–water partition coefficient (Wildman–Crippen LogP) is 4.49. The number of benzene rings is 2. The van der Waals surface area contributed by atoms with E-state index in [0.717, 1.165) is 11.2 Å². The minimum atomic E-state index is -0.904. The summed E-state index contributed by atoms with van der Waals surface area (Å²) in [4.78, 5) is 49.5. The number of para-hydroxylation sites is 2. The second-order valence-electron chi connectivity index (χ2n) is 12.7. The van der Waals surface area contributed by atoms with Gasteiger partial charge in [-0.2, -0.15) is 0 Å². The zero-order valence-corrected chi connectivity index (χ0v) is 29.1. The summed E-state index contributed by atoms with van der Waals surface area (Å²) in [5, 5.41) is 19.2. The van der Waals surface area contributed by atoms with Crippen LogP contribution in [-0.2, 0) is 21.1 Å². The number of rotatable bonds is 13. The molecule has 1 N–H and O–H groups in total. The summed E-state index contributed by atoms with van der Waals surface area (Å²) in [6.45, 7) is 12.1. The van der Waals surface area contributed by atoms with Gasteiger partial charge in [0.25, 0.3) is 0 Å². The first-order chi connectivity index (χ1) is 22.7. The molecular formula is C35H41BrN6O4S. The summed E-state index contributed by atoms with van der Waals surface area (Å²) in [7, 11) is 0. The van der Waals surface area contributed by atoms with Gasteiger partial charge in [0.05, 0.1) is 34.7 Å². The van der Waals surface area contributed by atoms with Crippen molar-refractivity contribution in [3.05, 3.63) is 79.9 Å². The Morgan fingerprint density at radius 3 is 2.51 bits per heavy atom. The molecule has 3 saturated heterocycles. The topological polar surface area (TPSA) is 112 Å². The number of aliphatic hydroxyl groups is 1. The number of likely N-dealkylation sites (tertiary alicyclic amines) is 1. The Morgan fingerprint density at radius 1 is 1.13 bits per heavy atom. The number of aromatic nitrogens is 3. The van der Waals surface area contributed by atoms with Crippen LogP contribution in [0.4, 0.5) is 5.69 Å². The van der Waals surface area contributed by atoms with Crippen LogP contribution in [-0.4, -0.2) is 94.2 Å². The molecule has 0 radical (unpaired) electrons. The monoisotopic (exact) mass is 720 g/mol. The number of carbonyl (C=O) groups is 3. The highest BCUT2D eigenvalue weighted by atomic mass is 79.9. The van der Waals surface area contributed by atoms with Gasteiger partial charge in [0.1, 0.15) is 18.2 Å². The number of aliphatic hydroxyl groups excluding tert-OH is 1. The van der Waals surface area contributed by atoms with Crippen molar-refractivity contribution < 1.29 is 19.5 Å². The summed E-state index contributed by atoms with van der Waals surface area (Å²) in [6.07, 6.45) is 4.59. The molecule has 0 saturated carbocycles. The van der Waals surface area contributed by atoms with Gasteiger partial charge < -0.3 is 19.8 Å². The van der Waals surface area contributed by atoms with E-state index in [0.29, 0.717) is 18.4 Å². The number of hydrogen-bond donors (Lipinski definition) is 1. The molecule has 3 amide bonds. The second-order valence-corrected chi connectivity index (χ2v) is 15.4. The molecule has 2 bridgehead atoms. The Kier molecular flexibility index (Phi) is 9.64. The minimum absolute atomic E-state index is 0.0840. The maximum Gasteiger partial charge on any atom is 0.248 e. The maximum atomic E-state index is 15.1. The Balaban J connectivity index is 1.44. The van der Waals surface area contributed by atoms with Gasteiger partial charge >= 0.3 is 0 Å². The number of thioether (sulfide) groups is 1. The Labute approximate surface area is 288 Å². The van der Waals surface area contributed by atoms with Crippen LogP contribution in [0.3, 0.4) is 0 Å². The molecule has 1 spiro atoms. The predicted molar refractivity (Wildman–Crippen MR) is 188 cm³/mol. The molecule has 8 atom stereocenters. The fourth-order valence-electron chi connectivity index (χ4n) is 7.77. The Bertz CT molecular complexity index is 1670. The van der Waals surface area contributed by atoms with Gasteiger partial charge in [-0.1, -0.05) is 83.9 Å². The van der Waals surface area contributed by atoms with Crippen LogP contribution >= 0.6 is 27.7 Å². The third-order valence-electron chi connectivity index (χ3n) is 10.1. The third-order valence-corrected chi connectivity index (χ3v) is 13.3. The number of alkyl halides is 1. The van der Waals surface area contributed by atoms with Crippen molar-refractivity contribution in [2.45, 2.75) is 60.3 Å². The third kappa shape index (κ3) is 5.51. The number of anilines is 1. The molecule has 3 fully saturated rings. The number of halogens is 1. The molecule has 4 heterocycles. The Hall–Kier alpha value is -3.48. The van der Waals surface area contributed by atoms with Gasteiger partial charge in [0.2, 0.25) is 17.7 Å². The standard InChI is InChI=1S/C35H41BrN6O4S/c1-5-17-39(21-41-26-16-12-11-15-25(26)37-38-41)34(46)31-35-19-24(36)30(47-35)28(29(35)33(45)42(31)27(20-43)22(4)7-3)32(44)40(18-6-2)23-13-9-8-10-14-23/h5-6,8-16,22,24,27-31,43H,1-2,7,17-21H2,3-4H3/t22-,24?,27-,28-,29-,30-,31?,35?/m0/s1. The molecule has 10 nitrogen and oxygen atoms in total. The van der Waals surface area contributed by atoms with Crippen molar-refractivity contribution in [2.75, 3.05) is 24.6 Å². The van der Waals surface area contributed by atoms with Gasteiger partial charge in [-0.05, 0) is 36.6 Å². The number of fused-ring (bicyclic) bond motifs is 2. The maximum absolute atomic E-state index is 15.1. The SMILES string of the molecule is C=CCN(Cn1nnc2ccccc21)C(=O)C1N([C@@H](CO)[C@@H](C)CC)C(=O)[C@@H]2[C@H](C(=O)N(CC=C)c3ccccc3)[C@H]3SC12CC3Br. The molecule has 2 aromatic carbocycles. The van der Waals surface area contributed by atoms with Crippen molar-refractivity contribution in [3.8, 4) is 0 Å². The van der Waals surface area contributed by atoms with E-state index in [-0.39, 0.29) is 60.1 Å². The summed E-state index contributed by atoms with van der Waals surface area (Å²) in [5.41, 5.74) is 2.22. The van der Waals surface area contributed by atoms with Crippen LogP contribution < -0.4 is 4.90 Å². The normalized spacial score (nSPS) is 27.4.